The predicted molar refractivity (Wildman–Crippen MR) is 73.6 cm³/mol. The van der Waals surface area contributed by atoms with Crippen LogP contribution in [0.15, 0.2) is 30.3 Å². The Hall–Kier alpha value is -2.50. The maximum absolute atomic E-state index is 13.4. The van der Waals surface area contributed by atoms with Gasteiger partial charge in [0, 0.05) is 12.1 Å². The minimum atomic E-state index is -0.819. The molecule has 0 heterocycles. The number of nitrogens with two attached hydrogens (primary N) is 1. The fraction of sp³-hybridized carbons (Fsp3) is 0.143. The highest BCUT2D eigenvalue weighted by Gasteiger charge is 2.11. The lowest BCUT2D eigenvalue weighted by Gasteiger charge is -2.14. The largest absolute Gasteiger partial charge is 0.497 e. The summed E-state index contributed by atoms with van der Waals surface area (Å²) in [4.78, 5) is 0. The molecular weight excluding hydrogens is 266 g/mol. The van der Waals surface area contributed by atoms with E-state index in [0.717, 1.165) is 12.1 Å². The Morgan fingerprint density at radius 3 is 2.40 bits per heavy atom. The molecule has 0 aliphatic heterocycles. The molecule has 6 heteroatoms. The fourth-order valence-electron chi connectivity index (χ4n) is 1.74. The van der Waals surface area contributed by atoms with Crippen molar-refractivity contribution >= 4 is 17.1 Å². The van der Waals surface area contributed by atoms with Gasteiger partial charge in [-0.05, 0) is 18.2 Å². The molecule has 0 unspecified atom stereocenters. The summed E-state index contributed by atoms with van der Waals surface area (Å²) in [5, 5.41) is 2.84. The number of hydrogen-bond donors (Lipinski definition) is 2. The summed E-state index contributed by atoms with van der Waals surface area (Å²) in [6.07, 6.45) is 0. The SMILES string of the molecule is COc1ccc(Nc2cc(F)cc(F)c2N)c(OC)c1. The van der Waals surface area contributed by atoms with Gasteiger partial charge in [0.05, 0.1) is 31.3 Å². The van der Waals surface area contributed by atoms with Gasteiger partial charge in [0.2, 0.25) is 0 Å². The molecule has 2 aromatic rings. The number of rotatable bonds is 4. The third-order valence-electron chi connectivity index (χ3n) is 2.77. The molecule has 106 valence electrons. The number of nitrogens with one attached hydrogen (secondary N) is 1. The molecule has 0 atom stereocenters. The van der Waals surface area contributed by atoms with Crippen molar-refractivity contribution in [1.82, 2.24) is 0 Å². The molecule has 0 saturated heterocycles. The van der Waals surface area contributed by atoms with E-state index in [1.54, 1.807) is 18.2 Å². The molecule has 4 nitrogen and oxygen atoms in total. The van der Waals surface area contributed by atoms with Crippen molar-refractivity contribution in [1.29, 1.82) is 0 Å². The summed E-state index contributed by atoms with van der Waals surface area (Å²) in [5.41, 5.74) is 6.06. The number of anilines is 3. The van der Waals surface area contributed by atoms with E-state index in [0.29, 0.717) is 17.2 Å². The molecule has 2 rings (SSSR count). The second kappa shape index (κ2) is 5.64. The lowest BCUT2D eigenvalue weighted by molar-refractivity contribution is 0.395. The molecule has 3 N–H and O–H groups in total. The van der Waals surface area contributed by atoms with Crippen molar-refractivity contribution in [2.75, 3.05) is 25.3 Å². The smallest absolute Gasteiger partial charge is 0.151 e. The summed E-state index contributed by atoms with van der Waals surface area (Å²) in [6, 6.07) is 6.85. The molecule has 2 aromatic carbocycles. The van der Waals surface area contributed by atoms with Crippen molar-refractivity contribution < 1.29 is 18.3 Å². The van der Waals surface area contributed by atoms with E-state index < -0.39 is 11.6 Å². The summed E-state index contributed by atoms with van der Waals surface area (Å²) >= 11 is 0. The number of ether oxygens (including phenoxy) is 2. The van der Waals surface area contributed by atoms with Gasteiger partial charge in [-0.2, -0.15) is 0 Å². The Labute approximate surface area is 115 Å². The normalized spacial score (nSPS) is 10.2. The molecule has 0 bridgehead atoms. The summed E-state index contributed by atoms with van der Waals surface area (Å²) in [6.45, 7) is 0. The van der Waals surface area contributed by atoms with Crippen LogP contribution in [0.1, 0.15) is 0 Å². The fourth-order valence-corrected chi connectivity index (χ4v) is 1.74. The first-order valence-corrected chi connectivity index (χ1v) is 5.78. The van der Waals surface area contributed by atoms with Crippen molar-refractivity contribution in [3.8, 4) is 11.5 Å². The van der Waals surface area contributed by atoms with Gasteiger partial charge < -0.3 is 20.5 Å². The molecule has 0 fully saturated rings. The zero-order chi connectivity index (χ0) is 14.7. The van der Waals surface area contributed by atoms with E-state index in [4.69, 9.17) is 15.2 Å². The van der Waals surface area contributed by atoms with Gasteiger partial charge in [-0.1, -0.05) is 0 Å². The first-order chi connectivity index (χ1) is 9.55. The van der Waals surface area contributed by atoms with Gasteiger partial charge in [0.15, 0.2) is 5.82 Å². The quantitative estimate of drug-likeness (QED) is 0.844. The van der Waals surface area contributed by atoms with Crippen LogP contribution in [0.5, 0.6) is 11.5 Å². The monoisotopic (exact) mass is 280 g/mol. The van der Waals surface area contributed by atoms with Crippen LogP contribution < -0.4 is 20.5 Å². The molecule has 0 aliphatic carbocycles. The Balaban J connectivity index is 2.39. The van der Waals surface area contributed by atoms with Crippen molar-refractivity contribution in [3.63, 3.8) is 0 Å². The highest BCUT2D eigenvalue weighted by atomic mass is 19.1. The number of benzene rings is 2. The van der Waals surface area contributed by atoms with Crippen molar-refractivity contribution in [2.24, 2.45) is 0 Å². The third-order valence-corrected chi connectivity index (χ3v) is 2.77. The molecule has 0 aliphatic rings. The van der Waals surface area contributed by atoms with Crippen molar-refractivity contribution in [2.45, 2.75) is 0 Å². The Morgan fingerprint density at radius 1 is 1.00 bits per heavy atom. The molecule has 0 spiro atoms. The Bertz CT molecular complexity index is 633. The van der Waals surface area contributed by atoms with E-state index in [-0.39, 0.29) is 11.4 Å². The zero-order valence-electron chi connectivity index (χ0n) is 11.0. The van der Waals surface area contributed by atoms with E-state index in [9.17, 15) is 8.78 Å². The van der Waals surface area contributed by atoms with E-state index in [1.807, 2.05) is 0 Å². The van der Waals surface area contributed by atoms with Crippen LogP contribution in [0.3, 0.4) is 0 Å². The maximum atomic E-state index is 13.4. The summed E-state index contributed by atoms with van der Waals surface area (Å²) in [5.74, 6) is -0.467. The van der Waals surface area contributed by atoms with Crippen molar-refractivity contribution in [3.05, 3.63) is 42.0 Å². The minimum absolute atomic E-state index is 0.131. The number of nitrogen functional groups attached to an aromatic ring is 1. The average molecular weight is 280 g/mol. The Kier molecular flexibility index (Phi) is 3.93. The summed E-state index contributed by atoms with van der Waals surface area (Å²) in [7, 11) is 3.01. The minimum Gasteiger partial charge on any atom is -0.497 e. The summed E-state index contributed by atoms with van der Waals surface area (Å²) < 4.78 is 36.9. The topological polar surface area (TPSA) is 56.5 Å². The Morgan fingerprint density at radius 2 is 1.75 bits per heavy atom. The van der Waals surface area contributed by atoms with Gasteiger partial charge in [0.25, 0.3) is 0 Å². The highest BCUT2D eigenvalue weighted by molar-refractivity contribution is 5.76. The maximum Gasteiger partial charge on any atom is 0.151 e. The average Bonchev–Trinajstić information content (AvgIpc) is 2.44. The van der Waals surface area contributed by atoms with E-state index >= 15 is 0 Å². The lowest BCUT2D eigenvalue weighted by Crippen LogP contribution is -2.01. The highest BCUT2D eigenvalue weighted by Crippen LogP contribution is 2.34. The third kappa shape index (κ3) is 2.74. The van der Waals surface area contributed by atoms with Crippen LogP contribution >= 0.6 is 0 Å². The van der Waals surface area contributed by atoms with Gasteiger partial charge >= 0.3 is 0 Å². The van der Waals surface area contributed by atoms with Gasteiger partial charge in [0.1, 0.15) is 17.3 Å². The van der Waals surface area contributed by atoms with Crippen LogP contribution in [0.4, 0.5) is 25.8 Å². The van der Waals surface area contributed by atoms with Crippen LogP contribution in [-0.4, -0.2) is 14.2 Å². The van der Waals surface area contributed by atoms with Crippen LogP contribution in [0.2, 0.25) is 0 Å². The zero-order valence-corrected chi connectivity index (χ0v) is 11.0. The van der Waals surface area contributed by atoms with Gasteiger partial charge in [-0.25, -0.2) is 8.78 Å². The molecule has 0 radical (unpaired) electrons. The second-order valence-electron chi connectivity index (χ2n) is 4.04. The molecule has 0 saturated carbocycles. The lowest BCUT2D eigenvalue weighted by atomic mass is 10.2. The van der Waals surface area contributed by atoms with E-state index in [2.05, 4.69) is 5.32 Å². The van der Waals surface area contributed by atoms with Gasteiger partial charge in [-0.15, -0.1) is 0 Å². The van der Waals surface area contributed by atoms with Crippen LogP contribution in [0, 0.1) is 11.6 Å². The molecule has 0 aromatic heterocycles. The van der Waals surface area contributed by atoms with Gasteiger partial charge in [-0.3, -0.25) is 0 Å². The van der Waals surface area contributed by atoms with E-state index in [1.165, 1.54) is 14.2 Å². The standard InChI is InChI=1S/C14H14F2N2O2/c1-19-9-3-4-11(13(7-9)20-2)18-12-6-8(15)5-10(16)14(12)17/h3-7,18H,17H2,1-2H3. The molecule has 0 amide bonds. The number of halogens is 2. The van der Waals surface area contributed by atoms with Crippen LogP contribution in [-0.2, 0) is 0 Å². The predicted octanol–water partition coefficient (Wildman–Crippen LogP) is 3.31. The number of methoxy groups -OCH3 is 2. The second-order valence-corrected chi connectivity index (χ2v) is 4.04. The first-order valence-electron chi connectivity index (χ1n) is 5.78. The molecular formula is C14H14F2N2O2. The molecule has 20 heavy (non-hydrogen) atoms. The first kappa shape index (κ1) is 13.9. The number of hydrogen-bond acceptors (Lipinski definition) is 4. The van der Waals surface area contributed by atoms with Crippen LogP contribution in [0.25, 0.3) is 0 Å².